The van der Waals surface area contributed by atoms with Gasteiger partial charge in [0.1, 0.15) is 10.6 Å². The summed E-state index contributed by atoms with van der Waals surface area (Å²) in [5.41, 5.74) is 1.64. The molecule has 7 nitrogen and oxygen atoms in total. The Labute approximate surface area is 129 Å². The van der Waals surface area contributed by atoms with Crippen molar-refractivity contribution in [1.82, 2.24) is 19.9 Å². The summed E-state index contributed by atoms with van der Waals surface area (Å²) in [5, 5.41) is 12.7. The largest absolute Gasteiger partial charge is 0.477 e. The third-order valence-electron chi connectivity index (χ3n) is 2.74. The van der Waals surface area contributed by atoms with E-state index in [1.807, 2.05) is 6.92 Å². The average molecular weight is 313 g/mol. The highest BCUT2D eigenvalue weighted by molar-refractivity contribution is 7.17. The van der Waals surface area contributed by atoms with E-state index in [9.17, 15) is 9.90 Å². The van der Waals surface area contributed by atoms with Crippen LogP contribution in [0.3, 0.4) is 0 Å². The maximum absolute atomic E-state index is 11.4. The van der Waals surface area contributed by atoms with E-state index in [1.165, 1.54) is 0 Å². The Bertz CT molecular complexity index is 819. The van der Waals surface area contributed by atoms with Crippen LogP contribution in [0.5, 0.6) is 0 Å². The number of carbonyl (C=O) groups is 1. The number of carboxylic acid groups (broad SMARTS) is 1. The molecule has 0 amide bonds. The number of nitrogens with one attached hydrogen (secondary N) is 1. The van der Waals surface area contributed by atoms with Crippen molar-refractivity contribution in [2.24, 2.45) is 0 Å². The summed E-state index contributed by atoms with van der Waals surface area (Å²) in [7, 11) is 0. The Hall–Kier alpha value is -2.87. The van der Waals surface area contributed by atoms with Crippen molar-refractivity contribution in [3.63, 3.8) is 0 Å². The molecule has 8 heteroatoms. The Balaban J connectivity index is 1.99. The highest BCUT2D eigenvalue weighted by Gasteiger charge is 2.20. The van der Waals surface area contributed by atoms with Gasteiger partial charge in [0.25, 0.3) is 0 Å². The Morgan fingerprint density at radius 2 is 2.05 bits per heavy atom. The van der Waals surface area contributed by atoms with Gasteiger partial charge in [-0.15, -0.1) is 0 Å². The zero-order chi connectivity index (χ0) is 15.5. The lowest BCUT2D eigenvalue weighted by molar-refractivity contribution is 0.0702. The van der Waals surface area contributed by atoms with Gasteiger partial charge in [0.05, 0.1) is 5.69 Å². The Morgan fingerprint density at radius 1 is 1.18 bits per heavy atom. The molecule has 22 heavy (non-hydrogen) atoms. The van der Waals surface area contributed by atoms with E-state index >= 15 is 0 Å². The number of thiazole rings is 1. The molecule has 0 saturated heterocycles. The molecule has 0 aliphatic carbocycles. The maximum Gasteiger partial charge on any atom is 0.348 e. The van der Waals surface area contributed by atoms with Crippen molar-refractivity contribution in [2.75, 3.05) is 5.32 Å². The minimum absolute atomic E-state index is 0.119. The molecule has 0 fully saturated rings. The maximum atomic E-state index is 11.4. The molecule has 3 heterocycles. The van der Waals surface area contributed by atoms with Gasteiger partial charge in [0.2, 0.25) is 5.95 Å². The first-order valence-electron chi connectivity index (χ1n) is 6.35. The van der Waals surface area contributed by atoms with Crippen molar-refractivity contribution in [2.45, 2.75) is 6.92 Å². The number of hydrogen-bond donors (Lipinski definition) is 2. The smallest absolute Gasteiger partial charge is 0.348 e. The predicted octanol–water partition coefficient (Wildman–Crippen LogP) is 2.75. The van der Waals surface area contributed by atoms with Crippen molar-refractivity contribution < 1.29 is 9.90 Å². The van der Waals surface area contributed by atoms with E-state index in [4.69, 9.17) is 0 Å². The van der Waals surface area contributed by atoms with Crippen LogP contribution in [-0.2, 0) is 0 Å². The summed E-state index contributed by atoms with van der Waals surface area (Å²) in [4.78, 5) is 28.3. The van der Waals surface area contributed by atoms with Gasteiger partial charge in [-0.2, -0.15) is 0 Å². The number of rotatable bonds is 4. The molecule has 0 spiro atoms. The molecule has 0 aliphatic rings. The number of anilines is 2. The van der Waals surface area contributed by atoms with Crippen LogP contribution in [0, 0.1) is 6.92 Å². The number of aromatic carboxylic acids is 1. The first kappa shape index (κ1) is 14.1. The topological polar surface area (TPSA) is 101 Å². The molecule has 3 aromatic heterocycles. The zero-order valence-corrected chi connectivity index (χ0v) is 12.3. The lowest BCUT2D eigenvalue weighted by atomic mass is 10.2. The van der Waals surface area contributed by atoms with Crippen molar-refractivity contribution >= 4 is 28.4 Å². The molecule has 110 valence electrons. The summed E-state index contributed by atoms with van der Waals surface area (Å²) >= 11 is 1.02. The summed E-state index contributed by atoms with van der Waals surface area (Å²) < 4.78 is 0. The van der Waals surface area contributed by atoms with Crippen molar-refractivity contribution in [3.05, 3.63) is 47.2 Å². The van der Waals surface area contributed by atoms with Crippen LogP contribution in [0.2, 0.25) is 0 Å². The fraction of sp³-hybridized carbons (Fsp3) is 0.0714. The number of carboxylic acids is 1. The standard InChI is InChI=1S/C14H11N5O2S/c1-8-5-7-16-13(17-8)19-14-18-10(11(22-14)12(20)21)9-4-2-3-6-15-9/h2-7H,1H3,(H,20,21)(H,16,17,18,19). The second kappa shape index (κ2) is 5.86. The van der Waals surface area contributed by atoms with E-state index in [0.717, 1.165) is 17.0 Å². The Morgan fingerprint density at radius 3 is 2.73 bits per heavy atom. The molecular formula is C14H11N5O2S. The van der Waals surface area contributed by atoms with E-state index in [-0.39, 0.29) is 4.88 Å². The van der Waals surface area contributed by atoms with Gasteiger partial charge in [0, 0.05) is 18.1 Å². The van der Waals surface area contributed by atoms with Crippen LogP contribution in [0.4, 0.5) is 11.1 Å². The predicted molar refractivity (Wildman–Crippen MR) is 82.4 cm³/mol. The lowest BCUT2D eigenvalue weighted by Gasteiger charge is -2.00. The highest BCUT2D eigenvalue weighted by Crippen LogP contribution is 2.31. The summed E-state index contributed by atoms with van der Waals surface area (Å²) in [5.74, 6) is -0.672. The molecule has 2 N–H and O–H groups in total. The highest BCUT2D eigenvalue weighted by atomic mass is 32.1. The molecule has 0 aromatic carbocycles. The van der Waals surface area contributed by atoms with Crippen molar-refractivity contribution in [3.8, 4) is 11.4 Å². The third-order valence-corrected chi connectivity index (χ3v) is 3.70. The lowest BCUT2D eigenvalue weighted by Crippen LogP contribution is -1.97. The van der Waals surface area contributed by atoms with Gasteiger partial charge in [-0.3, -0.25) is 4.98 Å². The molecule has 0 radical (unpaired) electrons. The minimum Gasteiger partial charge on any atom is -0.477 e. The fourth-order valence-electron chi connectivity index (χ4n) is 1.80. The van der Waals surface area contributed by atoms with Gasteiger partial charge in [0.15, 0.2) is 5.13 Å². The minimum atomic E-state index is -1.05. The zero-order valence-electron chi connectivity index (χ0n) is 11.5. The van der Waals surface area contributed by atoms with Gasteiger partial charge >= 0.3 is 5.97 Å². The molecule has 3 aromatic rings. The van der Waals surface area contributed by atoms with E-state index < -0.39 is 5.97 Å². The summed E-state index contributed by atoms with van der Waals surface area (Å²) in [6.45, 7) is 1.84. The van der Waals surface area contributed by atoms with Crippen LogP contribution >= 0.6 is 11.3 Å². The third kappa shape index (κ3) is 2.91. The molecular weight excluding hydrogens is 302 g/mol. The van der Waals surface area contributed by atoms with Gasteiger partial charge in [-0.25, -0.2) is 19.7 Å². The molecule has 0 unspecified atom stereocenters. The molecule has 0 saturated carbocycles. The van der Waals surface area contributed by atoms with Crippen molar-refractivity contribution in [1.29, 1.82) is 0 Å². The van der Waals surface area contributed by atoms with E-state index in [0.29, 0.717) is 22.5 Å². The molecule has 0 atom stereocenters. The van der Waals surface area contributed by atoms with Crippen LogP contribution in [0.15, 0.2) is 36.7 Å². The van der Waals surface area contributed by atoms with Gasteiger partial charge in [-0.05, 0) is 25.1 Å². The number of pyridine rings is 1. The molecule has 0 bridgehead atoms. The first-order chi connectivity index (χ1) is 10.6. The number of hydrogen-bond acceptors (Lipinski definition) is 7. The normalized spacial score (nSPS) is 10.4. The quantitative estimate of drug-likeness (QED) is 0.763. The SMILES string of the molecule is Cc1ccnc(Nc2nc(-c3ccccn3)c(C(=O)O)s2)n1. The van der Waals surface area contributed by atoms with Crippen LogP contribution in [-0.4, -0.2) is 31.0 Å². The first-order valence-corrected chi connectivity index (χ1v) is 7.17. The average Bonchev–Trinajstić information content (AvgIpc) is 2.92. The van der Waals surface area contributed by atoms with E-state index in [2.05, 4.69) is 25.3 Å². The van der Waals surface area contributed by atoms with Crippen LogP contribution in [0.25, 0.3) is 11.4 Å². The Kier molecular flexibility index (Phi) is 3.75. The second-order valence-electron chi connectivity index (χ2n) is 4.36. The summed E-state index contributed by atoms with van der Waals surface area (Å²) in [6, 6.07) is 7.03. The monoisotopic (exact) mass is 313 g/mol. The number of aryl methyl sites for hydroxylation is 1. The molecule has 3 rings (SSSR count). The number of nitrogens with zero attached hydrogens (tertiary/aromatic N) is 4. The molecule has 0 aliphatic heterocycles. The number of aromatic nitrogens is 4. The van der Waals surface area contributed by atoms with Crippen LogP contribution < -0.4 is 5.32 Å². The van der Waals surface area contributed by atoms with E-state index in [1.54, 1.807) is 36.7 Å². The van der Waals surface area contributed by atoms with Gasteiger partial charge in [-0.1, -0.05) is 17.4 Å². The fourth-order valence-corrected chi connectivity index (χ4v) is 2.61. The van der Waals surface area contributed by atoms with Crippen LogP contribution in [0.1, 0.15) is 15.4 Å². The summed E-state index contributed by atoms with van der Waals surface area (Å²) in [6.07, 6.45) is 3.22. The second-order valence-corrected chi connectivity index (χ2v) is 5.36. The van der Waals surface area contributed by atoms with Gasteiger partial charge < -0.3 is 10.4 Å².